The van der Waals surface area contributed by atoms with Crippen molar-refractivity contribution in [2.45, 2.75) is 23.8 Å². The molecule has 1 saturated carbocycles. The number of sulfonamides is 1. The van der Waals surface area contributed by atoms with Crippen LogP contribution in [-0.4, -0.2) is 26.2 Å². The number of anilines is 1. The third-order valence-electron chi connectivity index (χ3n) is 5.37. The first-order valence-electron chi connectivity index (χ1n) is 9.89. The van der Waals surface area contributed by atoms with E-state index in [1.807, 2.05) is 18.2 Å². The predicted octanol–water partition coefficient (Wildman–Crippen LogP) is 3.10. The van der Waals surface area contributed by atoms with E-state index >= 15 is 0 Å². The Bertz CT molecular complexity index is 1310. The molecule has 1 fully saturated rings. The number of hydrogen-bond acceptors (Lipinski definition) is 5. The fraction of sp³-hybridized carbons (Fsp3) is 0.130. The van der Waals surface area contributed by atoms with E-state index in [4.69, 9.17) is 0 Å². The maximum absolute atomic E-state index is 12.6. The second-order valence-electron chi connectivity index (χ2n) is 7.63. The topological polar surface area (TPSA) is 104 Å². The summed E-state index contributed by atoms with van der Waals surface area (Å²) in [5.74, 6) is -0.497. The van der Waals surface area contributed by atoms with Crippen molar-refractivity contribution >= 4 is 27.4 Å². The Hall–Kier alpha value is -3.49. The molecule has 0 radical (unpaired) electrons. The largest absolute Gasteiger partial charge is 0.298 e. The van der Waals surface area contributed by atoms with Crippen LogP contribution < -0.4 is 15.6 Å². The number of hydrazine groups is 1. The molecule has 0 aromatic heterocycles. The van der Waals surface area contributed by atoms with E-state index in [0.29, 0.717) is 22.4 Å². The molecular weight excluding hydrogens is 414 g/mol. The maximum atomic E-state index is 12.6. The van der Waals surface area contributed by atoms with E-state index < -0.39 is 15.9 Å². The quantitative estimate of drug-likeness (QED) is 0.406. The van der Waals surface area contributed by atoms with Crippen LogP contribution in [0.1, 0.15) is 39.1 Å². The third-order valence-corrected chi connectivity index (χ3v) is 6.91. The van der Waals surface area contributed by atoms with E-state index in [2.05, 4.69) is 15.6 Å². The smallest absolute Gasteiger partial charge is 0.269 e. The number of carbonyl (C=O) groups excluding carboxylic acids is 2. The van der Waals surface area contributed by atoms with Crippen LogP contribution in [0.25, 0.3) is 11.1 Å². The minimum Gasteiger partial charge on any atom is -0.298 e. The number of benzene rings is 3. The van der Waals surface area contributed by atoms with Gasteiger partial charge in [-0.05, 0) is 60.4 Å². The van der Waals surface area contributed by atoms with E-state index in [1.165, 1.54) is 12.1 Å². The number of hydrogen-bond donors (Lipinski definition) is 3. The third kappa shape index (κ3) is 3.71. The van der Waals surface area contributed by atoms with Crippen molar-refractivity contribution in [2.75, 3.05) is 5.43 Å². The van der Waals surface area contributed by atoms with Gasteiger partial charge in [-0.3, -0.25) is 20.4 Å². The fourth-order valence-corrected chi connectivity index (χ4v) is 4.88. The van der Waals surface area contributed by atoms with Crippen LogP contribution in [0.3, 0.4) is 0 Å². The van der Waals surface area contributed by atoms with Crippen molar-refractivity contribution in [3.63, 3.8) is 0 Å². The predicted molar refractivity (Wildman–Crippen MR) is 116 cm³/mol. The average molecular weight is 433 g/mol. The van der Waals surface area contributed by atoms with E-state index in [0.717, 1.165) is 24.0 Å². The molecule has 31 heavy (non-hydrogen) atoms. The van der Waals surface area contributed by atoms with Crippen LogP contribution >= 0.6 is 0 Å². The fourth-order valence-electron chi connectivity index (χ4n) is 3.58. The summed E-state index contributed by atoms with van der Waals surface area (Å²) in [4.78, 5) is 25.4. The molecule has 3 aromatic carbocycles. The summed E-state index contributed by atoms with van der Waals surface area (Å²) in [5, 5.41) is 0. The van der Waals surface area contributed by atoms with E-state index in [9.17, 15) is 18.0 Å². The molecule has 2 aliphatic rings. The van der Waals surface area contributed by atoms with Crippen LogP contribution in [0.5, 0.6) is 0 Å². The van der Waals surface area contributed by atoms with Gasteiger partial charge in [0.2, 0.25) is 10.0 Å². The van der Waals surface area contributed by atoms with Crippen molar-refractivity contribution < 1.29 is 18.0 Å². The first-order chi connectivity index (χ1) is 14.9. The van der Waals surface area contributed by atoms with Crippen LogP contribution in [0, 0.1) is 0 Å². The lowest BCUT2D eigenvalue weighted by atomic mass is 10.0. The van der Waals surface area contributed by atoms with Gasteiger partial charge < -0.3 is 0 Å². The van der Waals surface area contributed by atoms with Gasteiger partial charge in [0.05, 0.1) is 10.6 Å². The number of fused-ring (bicyclic) bond motifs is 3. The first-order valence-corrected chi connectivity index (χ1v) is 11.4. The zero-order valence-corrected chi connectivity index (χ0v) is 17.2. The molecule has 0 heterocycles. The van der Waals surface area contributed by atoms with Gasteiger partial charge >= 0.3 is 0 Å². The minimum atomic E-state index is -3.52. The maximum Gasteiger partial charge on any atom is 0.269 e. The molecule has 0 aliphatic heterocycles. The molecule has 0 spiro atoms. The molecule has 0 atom stereocenters. The Kier molecular flexibility index (Phi) is 4.60. The van der Waals surface area contributed by atoms with Gasteiger partial charge in [0.25, 0.3) is 5.91 Å². The van der Waals surface area contributed by atoms with Crippen LogP contribution in [0.4, 0.5) is 5.69 Å². The molecular formula is C23H19N3O4S. The molecule has 2 aliphatic carbocycles. The van der Waals surface area contributed by atoms with Crippen LogP contribution in [-0.2, 0) is 10.0 Å². The summed E-state index contributed by atoms with van der Waals surface area (Å²) in [5.41, 5.74) is 9.07. The molecule has 0 bridgehead atoms. The highest BCUT2D eigenvalue weighted by atomic mass is 32.2. The summed E-state index contributed by atoms with van der Waals surface area (Å²) in [6.07, 6.45) is 1.73. The molecule has 156 valence electrons. The van der Waals surface area contributed by atoms with Gasteiger partial charge in [0, 0.05) is 22.7 Å². The number of rotatable bonds is 6. The molecule has 1 amide bonds. The van der Waals surface area contributed by atoms with Gasteiger partial charge in [0.1, 0.15) is 0 Å². The average Bonchev–Trinajstić information content (AvgIpc) is 3.55. The zero-order chi connectivity index (χ0) is 21.6. The van der Waals surface area contributed by atoms with Gasteiger partial charge in [0.15, 0.2) is 5.78 Å². The summed E-state index contributed by atoms with van der Waals surface area (Å²) in [7, 11) is -3.52. The van der Waals surface area contributed by atoms with E-state index in [-0.39, 0.29) is 16.7 Å². The molecule has 0 saturated heterocycles. The monoisotopic (exact) mass is 433 g/mol. The van der Waals surface area contributed by atoms with Crippen molar-refractivity contribution in [2.24, 2.45) is 0 Å². The van der Waals surface area contributed by atoms with Crippen LogP contribution in [0.15, 0.2) is 71.6 Å². The van der Waals surface area contributed by atoms with Crippen molar-refractivity contribution in [3.05, 3.63) is 83.4 Å². The molecule has 3 aromatic rings. The van der Waals surface area contributed by atoms with Gasteiger partial charge in [-0.1, -0.05) is 30.3 Å². The molecule has 7 nitrogen and oxygen atoms in total. The van der Waals surface area contributed by atoms with Crippen molar-refractivity contribution in [1.82, 2.24) is 10.1 Å². The van der Waals surface area contributed by atoms with Crippen molar-refractivity contribution in [3.8, 4) is 11.1 Å². The Morgan fingerprint density at radius 2 is 1.52 bits per heavy atom. The number of ketones is 1. The number of amides is 1. The second kappa shape index (κ2) is 7.33. The van der Waals surface area contributed by atoms with Gasteiger partial charge in [-0.25, -0.2) is 13.1 Å². The Morgan fingerprint density at radius 3 is 2.23 bits per heavy atom. The molecule has 0 unspecified atom stereocenters. The lowest BCUT2D eigenvalue weighted by molar-refractivity contribution is 0.0962. The highest BCUT2D eigenvalue weighted by Gasteiger charge is 2.28. The summed E-state index contributed by atoms with van der Waals surface area (Å²) < 4.78 is 27.1. The zero-order valence-electron chi connectivity index (χ0n) is 16.4. The standard InChI is InChI=1S/C23H19N3O4S/c27-22-20-4-2-1-3-18(20)19-12-5-14(13-21(19)22)23(28)25-24-15-8-10-17(11-9-15)31(29,30)26-16-6-7-16/h1-5,8-13,16,24,26H,6-7H2,(H,25,28). The molecule has 8 heteroatoms. The lowest BCUT2D eigenvalue weighted by Gasteiger charge is -2.11. The number of nitrogens with one attached hydrogen (secondary N) is 3. The normalized spacial score (nSPS) is 14.6. The SMILES string of the molecule is O=C(NNc1ccc(S(=O)(=O)NC2CC2)cc1)c1ccc2c(c1)C(=O)c1ccccc1-2. The minimum absolute atomic E-state index is 0.0362. The van der Waals surface area contributed by atoms with Gasteiger partial charge in [-0.2, -0.15) is 0 Å². The Balaban J connectivity index is 1.27. The van der Waals surface area contributed by atoms with Gasteiger partial charge in [-0.15, -0.1) is 0 Å². The molecule has 5 rings (SSSR count). The van der Waals surface area contributed by atoms with E-state index in [1.54, 1.807) is 36.4 Å². The highest BCUT2D eigenvalue weighted by Crippen LogP contribution is 2.36. The highest BCUT2D eigenvalue weighted by molar-refractivity contribution is 7.89. The first kappa shape index (κ1) is 19.5. The Labute approximate surface area is 179 Å². The number of carbonyl (C=O) groups is 2. The van der Waals surface area contributed by atoms with Crippen LogP contribution in [0.2, 0.25) is 0 Å². The second-order valence-corrected chi connectivity index (χ2v) is 9.35. The summed E-state index contributed by atoms with van der Waals surface area (Å²) in [6, 6.07) is 18.5. The summed E-state index contributed by atoms with van der Waals surface area (Å²) in [6.45, 7) is 0. The molecule has 3 N–H and O–H groups in total. The van der Waals surface area contributed by atoms with Crippen molar-refractivity contribution in [1.29, 1.82) is 0 Å². The summed E-state index contributed by atoms with van der Waals surface area (Å²) >= 11 is 0. The Morgan fingerprint density at radius 1 is 0.839 bits per heavy atom. The lowest BCUT2D eigenvalue weighted by Crippen LogP contribution is -2.29.